The van der Waals surface area contributed by atoms with E-state index in [2.05, 4.69) is 37.9 Å². The highest BCUT2D eigenvalue weighted by atomic mass is 16.1. The van der Waals surface area contributed by atoms with Gasteiger partial charge in [0.15, 0.2) is 0 Å². The van der Waals surface area contributed by atoms with Gasteiger partial charge >= 0.3 is 0 Å². The van der Waals surface area contributed by atoms with Crippen LogP contribution in [-0.4, -0.2) is 42.0 Å². The normalized spacial score (nSPS) is 26.9. The minimum atomic E-state index is -0.505. The second-order valence-electron chi connectivity index (χ2n) is 5.54. The third-order valence-corrected chi connectivity index (χ3v) is 3.35. The number of nitrogens with two attached hydrogens (primary N) is 1. The molecule has 1 rings (SSSR count). The molecular weight excluding hydrogens is 202 g/mol. The summed E-state index contributed by atoms with van der Waals surface area (Å²) in [6, 6.07) is 0.474. The highest BCUT2D eigenvalue weighted by Crippen LogP contribution is 2.23. The number of hydrogen-bond acceptors (Lipinski definition) is 3. The number of rotatable bonds is 5. The predicted octanol–water partition coefficient (Wildman–Crippen LogP) is 0.570. The van der Waals surface area contributed by atoms with Crippen LogP contribution in [0.1, 0.15) is 34.1 Å². The smallest absolute Gasteiger partial charge is 0.239 e. The molecule has 1 unspecified atom stereocenters. The van der Waals surface area contributed by atoms with Crippen LogP contribution in [0.25, 0.3) is 0 Å². The summed E-state index contributed by atoms with van der Waals surface area (Å²) in [5, 5.41) is 3.36. The minimum Gasteiger partial charge on any atom is -0.368 e. The van der Waals surface area contributed by atoms with Crippen LogP contribution in [0, 0.1) is 5.92 Å². The Balaban J connectivity index is 2.65. The maximum absolute atomic E-state index is 11.6. The van der Waals surface area contributed by atoms with Gasteiger partial charge in [0, 0.05) is 19.1 Å². The van der Waals surface area contributed by atoms with Gasteiger partial charge in [0.05, 0.1) is 0 Å². The number of nitrogens with zero attached hydrogens (tertiary/aromatic N) is 1. The topological polar surface area (TPSA) is 58.4 Å². The molecule has 0 aliphatic carbocycles. The molecule has 0 aromatic rings. The van der Waals surface area contributed by atoms with E-state index in [1.807, 2.05) is 0 Å². The first kappa shape index (κ1) is 13.5. The van der Waals surface area contributed by atoms with Gasteiger partial charge in [0.1, 0.15) is 5.54 Å². The summed E-state index contributed by atoms with van der Waals surface area (Å²) >= 11 is 0. The molecule has 1 heterocycles. The number of amides is 1. The number of nitrogens with one attached hydrogen (secondary N) is 1. The fourth-order valence-corrected chi connectivity index (χ4v) is 2.11. The van der Waals surface area contributed by atoms with Crippen molar-refractivity contribution in [1.82, 2.24) is 10.2 Å². The van der Waals surface area contributed by atoms with Gasteiger partial charge in [-0.05, 0) is 32.7 Å². The first-order valence-electron chi connectivity index (χ1n) is 6.16. The zero-order chi connectivity index (χ0) is 12.3. The lowest BCUT2D eigenvalue weighted by Crippen LogP contribution is -2.58. The molecule has 0 bridgehead atoms. The molecule has 4 nitrogen and oxygen atoms in total. The Morgan fingerprint density at radius 3 is 2.44 bits per heavy atom. The Labute approximate surface area is 98.6 Å². The molecular formula is C12H25N3O. The second kappa shape index (κ2) is 5.15. The van der Waals surface area contributed by atoms with Gasteiger partial charge in [-0.2, -0.15) is 0 Å². The van der Waals surface area contributed by atoms with E-state index in [1.54, 1.807) is 0 Å². The monoisotopic (exact) mass is 227 g/mol. The Kier molecular flexibility index (Phi) is 4.33. The third kappa shape index (κ3) is 2.95. The first-order valence-corrected chi connectivity index (χ1v) is 6.16. The van der Waals surface area contributed by atoms with Crippen molar-refractivity contribution in [3.63, 3.8) is 0 Å². The molecule has 0 aromatic heterocycles. The lowest BCUT2D eigenvalue weighted by atomic mass is 9.97. The molecule has 0 spiro atoms. The van der Waals surface area contributed by atoms with E-state index in [0.29, 0.717) is 12.0 Å². The summed E-state index contributed by atoms with van der Waals surface area (Å²) in [4.78, 5) is 13.9. The van der Waals surface area contributed by atoms with Crippen molar-refractivity contribution in [3.8, 4) is 0 Å². The Bertz CT molecular complexity index is 253. The van der Waals surface area contributed by atoms with Gasteiger partial charge in [0.25, 0.3) is 0 Å². The van der Waals surface area contributed by atoms with Gasteiger partial charge < -0.3 is 11.1 Å². The summed E-state index contributed by atoms with van der Waals surface area (Å²) < 4.78 is 0. The van der Waals surface area contributed by atoms with Gasteiger partial charge in [-0.25, -0.2) is 0 Å². The molecule has 4 heteroatoms. The average molecular weight is 227 g/mol. The van der Waals surface area contributed by atoms with Crippen LogP contribution in [-0.2, 0) is 4.79 Å². The first-order chi connectivity index (χ1) is 7.37. The fraction of sp³-hybridized carbons (Fsp3) is 0.917. The van der Waals surface area contributed by atoms with E-state index in [9.17, 15) is 4.79 Å². The molecule has 3 N–H and O–H groups in total. The number of primary amides is 1. The predicted molar refractivity (Wildman–Crippen MR) is 66.1 cm³/mol. The van der Waals surface area contributed by atoms with E-state index in [4.69, 9.17) is 5.73 Å². The average Bonchev–Trinajstić information content (AvgIpc) is 2.60. The van der Waals surface area contributed by atoms with E-state index >= 15 is 0 Å². The van der Waals surface area contributed by atoms with Crippen molar-refractivity contribution in [2.24, 2.45) is 11.7 Å². The lowest BCUT2D eigenvalue weighted by molar-refractivity contribution is -0.124. The van der Waals surface area contributed by atoms with E-state index < -0.39 is 5.54 Å². The highest BCUT2D eigenvalue weighted by Gasteiger charge is 2.43. The van der Waals surface area contributed by atoms with Crippen molar-refractivity contribution >= 4 is 5.91 Å². The van der Waals surface area contributed by atoms with Crippen LogP contribution in [0.15, 0.2) is 0 Å². The van der Waals surface area contributed by atoms with E-state index in [-0.39, 0.29) is 5.91 Å². The molecule has 1 aliphatic heterocycles. The third-order valence-electron chi connectivity index (χ3n) is 3.35. The van der Waals surface area contributed by atoms with Gasteiger partial charge in [0.2, 0.25) is 5.91 Å². The quantitative estimate of drug-likeness (QED) is 0.722. The lowest BCUT2D eigenvalue weighted by Gasteiger charge is -2.29. The Morgan fingerprint density at radius 1 is 1.44 bits per heavy atom. The summed E-state index contributed by atoms with van der Waals surface area (Å²) in [6.07, 6.45) is 0.827. The number of carbonyl (C=O) groups is 1. The van der Waals surface area contributed by atoms with Gasteiger partial charge in [-0.1, -0.05) is 13.8 Å². The van der Waals surface area contributed by atoms with Crippen molar-refractivity contribution < 1.29 is 4.79 Å². The van der Waals surface area contributed by atoms with Crippen molar-refractivity contribution in [3.05, 3.63) is 0 Å². The standard InChI is InChI=1S/C12H25N3O/c1-9(2)7-14-12(11(13)16)5-6-15(8-12)10(3)4/h9-10,14H,5-8H2,1-4H3,(H2,13,16). The van der Waals surface area contributed by atoms with Crippen LogP contribution < -0.4 is 11.1 Å². The van der Waals surface area contributed by atoms with Crippen LogP contribution in [0.4, 0.5) is 0 Å². The van der Waals surface area contributed by atoms with Crippen LogP contribution >= 0.6 is 0 Å². The molecule has 1 fully saturated rings. The number of hydrogen-bond donors (Lipinski definition) is 2. The van der Waals surface area contributed by atoms with Crippen molar-refractivity contribution in [2.75, 3.05) is 19.6 Å². The van der Waals surface area contributed by atoms with Crippen LogP contribution in [0.2, 0.25) is 0 Å². The second-order valence-corrected chi connectivity index (χ2v) is 5.54. The van der Waals surface area contributed by atoms with Crippen LogP contribution in [0.5, 0.6) is 0 Å². The molecule has 1 saturated heterocycles. The molecule has 0 radical (unpaired) electrons. The highest BCUT2D eigenvalue weighted by molar-refractivity contribution is 5.85. The van der Waals surface area contributed by atoms with E-state index in [1.165, 1.54) is 0 Å². The molecule has 0 saturated carbocycles. The maximum Gasteiger partial charge on any atom is 0.239 e. The van der Waals surface area contributed by atoms with Gasteiger partial charge in [-0.15, -0.1) is 0 Å². The summed E-state index contributed by atoms with van der Waals surface area (Å²) in [6.45, 7) is 11.1. The maximum atomic E-state index is 11.6. The molecule has 1 amide bonds. The largest absolute Gasteiger partial charge is 0.368 e. The molecule has 1 atom stereocenters. The zero-order valence-electron chi connectivity index (χ0n) is 10.9. The van der Waals surface area contributed by atoms with Gasteiger partial charge in [-0.3, -0.25) is 9.69 Å². The Hall–Kier alpha value is -0.610. The molecule has 94 valence electrons. The molecule has 1 aliphatic rings. The summed E-state index contributed by atoms with van der Waals surface area (Å²) in [5.74, 6) is 0.320. The number of likely N-dealkylation sites (tertiary alicyclic amines) is 1. The Morgan fingerprint density at radius 2 is 2.06 bits per heavy atom. The summed E-state index contributed by atoms with van der Waals surface area (Å²) in [7, 11) is 0. The minimum absolute atomic E-state index is 0.212. The van der Waals surface area contributed by atoms with Crippen molar-refractivity contribution in [2.45, 2.75) is 45.7 Å². The SMILES string of the molecule is CC(C)CNC1(C(N)=O)CCN(C(C)C)C1. The van der Waals surface area contributed by atoms with Crippen molar-refractivity contribution in [1.29, 1.82) is 0 Å². The van der Waals surface area contributed by atoms with Crippen LogP contribution in [0.3, 0.4) is 0 Å². The zero-order valence-corrected chi connectivity index (χ0v) is 10.9. The molecule has 0 aromatic carbocycles. The fourth-order valence-electron chi connectivity index (χ4n) is 2.11. The summed E-state index contributed by atoms with van der Waals surface area (Å²) in [5.41, 5.74) is 5.05. The molecule has 16 heavy (non-hydrogen) atoms. The van der Waals surface area contributed by atoms with E-state index in [0.717, 1.165) is 26.1 Å². The number of carbonyl (C=O) groups excluding carboxylic acids is 1.